The fourth-order valence-electron chi connectivity index (χ4n) is 0.855. The van der Waals surface area contributed by atoms with Crippen molar-refractivity contribution in [1.29, 1.82) is 0 Å². The van der Waals surface area contributed by atoms with Gasteiger partial charge < -0.3 is 0 Å². The highest BCUT2D eigenvalue weighted by molar-refractivity contribution is 5.87. The molecule has 1 rings (SSSR count). The van der Waals surface area contributed by atoms with E-state index in [1.165, 1.54) is 13.0 Å². The Balaban J connectivity index is 2.80. The first kappa shape index (κ1) is 7.19. The van der Waals surface area contributed by atoms with Crippen molar-refractivity contribution in [3.05, 3.63) is 24.3 Å². The summed E-state index contributed by atoms with van der Waals surface area (Å²) in [4.78, 5) is 10.7. The molecular weight excluding hydrogens is 131 g/mol. The number of alkyl halides is 1. The van der Waals surface area contributed by atoms with Crippen molar-refractivity contribution >= 4 is 5.78 Å². The molecule has 0 heterocycles. The summed E-state index contributed by atoms with van der Waals surface area (Å²) < 4.78 is 13.2. The van der Waals surface area contributed by atoms with Crippen molar-refractivity contribution in [3.63, 3.8) is 0 Å². The van der Waals surface area contributed by atoms with Crippen molar-refractivity contribution in [2.45, 2.75) is 19.0 Å². The molecule has 0 amide bonds. The van der Waals surface area contributed by atoms with Gasteiger partial charge in [-0.15, -0.1) is 0 Å². The van der Waals surface area contributed by atoms with E-state index in [1.54, 1.807) is 18.2 Å². The average Bonchev–Trinajstić information content (AvgIpc) is 1.89. The van der Waals surface area contributed by atoms with Gasteiger partial charge in [0.05, 0.1) is 0 Å². The summed E-state index contributed by atoms with van der Waals surface area (Å²) in [6.07, 6.45) is 6.43. The lowest BCUT2D eigenvalue weighted by molar-refractivity contribution is -0.125. The fourth-order valence-corrected chi connectivity index (χ4v) is 0.855. The van der Waals surface area contributed by atoms with Gasteiger partial charge in [-0.3, -0.25) is 4.79 Å². The van der Waals surface area contributed by atoms with Crippen LogP contribution in [0, 0.1) is 0 Å². The Morgan fingerprint density at radius 3 is 2.60 bits per heavy atom. The number of hydrogen-bond donors (Lipinski definition) is 0. The largest absolute Gasteiger partial charge is 0.296 e. The Labute approximate surface area is 59.2 Å². The number of hydrogen-bond acceptors (Lipinski definition) is 1. The third-order valence-electron chi connectivity index (χ3n) is 1.61. The number of carbonyl (C=O) groups excluding carboxylic acids is 1. The number of carbonyl (C=O) groups is 1. The van der Waals surface area contributed by atoms with Gasteiger partial charge in [0.25, 0.3) is 0 Å². The van der Waals surface area contributed by atoms with Crippen molar-refractivity contribution in [2.75, 3.05) is 0 Å². The number of rotatable bonds is 1. The van der Waals surface area contributed by atoms with E-state index in [0.29, 0.717) is 0 Å². The monoisotopic (exact) mass is 140 g/mol. The van der Waals surface area contributed by atoms with Crippen LogP contribution in [0.25, 0.3) is 0 Å². The molecule has 10 heavy (non-hydrogen) atoms. The third-order valence-corrected chi connectivity index (χ3v) is 1.61. The summed E-state index contributed by atoms with van der Waals surface area (Å²) in [5.74, 6) is -0.423. The summed E-state index contributed by atoms with van der Waals surface area (Å²) in [7, 11) is 0. The quantitative estimate of drug-likeness (QED) is 0.542. The van der Waals surface area contributed by atoms with Crippen LogP contribution in [0.4, 0.5) is 4.39 Å². The zero-order valence-electron chi connectivity index (χ0n) is 5.80. The Morgan fingerprint density at radius 1 is 1.60 bits per heavy atom. The molecule has 0 N–H and O–H groups in total. The van der Waals surface area contributed by atoms with E-state index in [2.05, 4.69) is 0 Å². The predicted molar refractivity (Wildman–Crippen MR) is 37.4 cm³/mol. The summed E-state index contributed by atoms with van der Waals surface area (Å²) >= 11 is 0. The molecule has 1 atom stereocenters. The summed E-state index contributed by atoms with van der Waals surface area (Å²) in [6, 6.07) is 0. The molecule has 2 heteroatoms. The molecule has 1 unspecified atom stereocenters. The molecule has 0 aromatic rings. The van der Waals surface area contributed by atoms with Crippen LogP contribution in [0.2, 0.25) is 0 Å². The first-order valence-electron chi connectivity index (χ1n) is 3.19. The Bertz CT molecular complexity index is 205. The maximum atomic E-state index is 13.2. The third kappa shape index (κ3) is 1.15. The minimum absolute atomic E-state index is 0.179. The highest BCUT2D eigenvalue weighted by Crippen LogP contribution is 2.22. The molecule has 0 bridgehead atoms. The summed E-state index contributed by atoms with van der Waals surface area (Å²) in [5.41, 5.74) is -1.73. The van der Waals surface area contributed by atoms with Gasteiger partial charge in [0, 0.05) is 6.42 Å². The van der Waals surface area contributed by atoms with Gasteiger partial charge in [-0.25, -0.2) is 4.39 Å². The maximum Gasteiger partial charge on any atom is 0.190 e. The smallest absolute Gasteiger partial charge is 0.190 e. The molecule has 0 spiro atoms. The number of Topliss-reactive ketones (excluding diaryl/α,β-unsaturated/α-hetero) is 1. The van der Waals surface area contributed by atoms with E-state index in [0.717, 1.165) is 0 Å². The highest BCUT2D eigenvalue weighted by atomic mass is 19.1. The van der Waals surface area contributed by atoms with Gasteiger partial charge in [-0.2, -0.15) is 0 Å². The molecule has 1 nitrogen and oxygen atoms in total. The fraction of sp³-hybridized carbons (Fsp3) is 0.375. The first-order valence-corrected chi connectivity index (χ1v) is 3.19. The van der Waals surface area contributed by atoms with Crippen molar-refractivity contribution in [1.82, 2.24) is 0 Å². The van der Waals surface area contributed by atoms with Crippen molar-refractivity contribution in [3.8, 4) is 0 Å². The molecule has 1 aliphatic rings. The lowest BCUT2D eigenvalue weighted by Gasteiger charge is -2.17. The number of ketones is 1. The van der Waals surface area contributed by atoms with Crippen LogP contribution in [0.3, 0.4) is 0 Å². The van der Waals surface area contributed by atoms with Gasteiger partial charge in [-0.05, 0) is 13.0 Å². The van der Waals surface area contributed by atoms with Crippen LogP contribution in [-0.2, 0) is 4.79 Å². The van der Waals surface area contributed by atoms with Crippen LogP contribution < -0.4 is 0 Å². The van der Waals surface area contributed by atoms with E-state index in [1.807, 2.05) is 0 Å². The minimum atomic E-state index is -1.73. The second-order valence-electron chi connectivity index (χ2n) is 2.41. The second kappa shape index (κ2) is 2.37. The molecule has 0 saturated heterocycles. The normalized spacial score (nSPS) is 30.6. The summed E-state index contributed by atoms with van der Waals surface area (Å²) in [5, 5.41) is 0. The van der Waals surface area contributed by atoms with Gasteiger partial charge in [0.15, 0.2) is 11.5 Å². The Morgan fingerprint density at radius 2 is 2.30 bits per heavy atom. The van der Waals surface area contributed by atoms with E-state index in [4.69, 9.17) is 0 Å². The summed E-state index contributed by atoms with van der Waals surface area (Å²) in [6.45, 7) is 1.27. The van der Waals surface area contributed by atoms with Crippen molar-refractivity contribution < 1.29 is 9.18 Å². The lowest BCUT2D eigenvalue weighted by atomic mass is 9.94. The van der Waals surface area contributed by atoms with Gasteiger partial charge in [-0.1, -0.05) is 18.2 Å². The van der Waals surface area contributed by atoms with Gasteiger partial charge in [0.2, 0.25) is 0 Å². The van der Waals surface area contributed by atoms with E-state index in [-0.39, 0.29) is 6.42 Å². The maximum absolute atomic E-state index is 13.2. The van der Waals surface area contributed by atoms with E-state index < -0.39 is 11.5 Å². The molecule has 0 aliphatic heterocycles. The highest BCUT2D eigenvalue weighted by Gasteiger charge is 2.31. The molecule has 54 valence electrons. The van der Waals surface area contributed by atoms with Crippen LogP contribution >= 0.6 is 0 Å². The Kier molecular flexibility index (Phi) is 1.70. The number of allylic oxidation sites excluding steroid dienone is 4. The van der Waals surface area contributed by atoms with Crippen molar-refractivity contribution in [2.24, 2.45) is 0 Å². The molecule has 0 fully saturated rings. The molecule has 0 radical (unpaired) electrons. The SMILES string of the molecule is CC(=O)C1(F)C=CC=CC1. The van der Waals surface area contributed by atoms with Crippen LogP contribution in [0.15, 0.2) is 24.3 Å². The standard InChI is InChI=1S/C8H9FO/c1-7(10)8(9)5-3-2-4-6-8/h2-5H,6H2,1H3. The lowest BCUT2D eigenvalue weighted by Crippen LogP contribution is -2.29. The van der Waals surface area contributed by atoms with Crippen LogP contribution in [-0.4, -0.2) is 11.5 Å². The topological polar surface area (TPSA) is 17.1 Å². The van der Waals surface area contributed by atoms with Gasteiger partial charge in [0.1, 0.15) is 0 Å². The minimum Gasteiger partial charge on any atom is -0.296 e. The molecule has 0 aromatic heterocycles. The zero-order valence-corrected chi connectivity index (χ0v) is 5.80. The van der Waals surface area contributed by atoms with Crippen LogP contribution in [0.1, 0.15) is 13.3 Å². The molecule has 0 saturated carbocycles. The second-order valence-corrected chi connectivity index (χ2v) is 2.41. The Hall–Kier alpha value is -0.920. The molecule has 1 aliphatic carbocycles. The van der Waals surface area contributed by atoms with E-state index >= 15 is 0 Å². The van der Waals surface area contributed by atoms with E-state index in [9.17, 15) is 9.18 Å². The predicted octanol–water partition coefficient (Wildman–Crippen LogP) is 1.80. The average molecular weight is 140 g/mol. The molecule has 0 aromatic carbocycles. The number of halogens is 1. The van der Waals surface area contributed by atoms with Gasteiger partial charge >= 0.3 is 0 Å². The first-order chi connectivity index (χ1) is 4.65. The molecular formula is C8H9FO. The zero-order chi connectivity index (χ0) is 7.61. The van der Waals surface area contributed by atoms with Crippen LogP contribution in [0.5, 0.6) is 0 Å².